The number of benzene rings is 1. The molecule has 0 spiro atoms. The summed E-state index contributed by atoms with van der Waals surface area (Å²) < 4.78 is 7.46. The Hall–Kier alpha value is -1.84. The minimum absolute atomic E-state index is 0.353. The average Bonchev–Trinajstić information content (AvgIpc) is 2.79. The van der Waals surface area contributed by atoms with Gasteiger partial charge in [0.25, 0.3) is 0 Å². The molecule has 0 saturated heterocycles. The first-order valence-electron chi connectivity index (χ1n) is 5.85. The third-order valence-corrected chi connectivity index (χ3v) is 2.55. The van der Waals surface area contributed by atoms with Crippen LogP contribution in [0.2, 0.25) is 0 Å². The molecule has 2 rings (SSSR count). The molecule has 0 saturated carbocycles. The summed E-state index contributed by atoms with van der Waals surface area (Å²) in [6.45, 7) is 6.88. The first kappa shape index (κ1) is 11.6. The van der Waals surface area contributed by atoms with Gasteiger partial charge in [0.15, 0.2) is 5.82 Å². The van der Waals surface area contributed by atoms with E-state index in [4.69, 9.17) is 4.74 Å². The molecule has 17 heavy (non-hydrogen) atoms. The van der Waals surface area contributed by atoms with Gasteiger partial charge in [-0.2, -0.15) is 0 Å². The van der Waals surface area contributed by atoms with Crippen LogP contribution in [0.5, 0.6) is 5.75 Å². The average molecular weight is 231 g/mol. The van der Waals surface area contributed by atoms with Crippen LogP contribution < -0.4 is 4.74 Å². The summed E-state index contributed by atoms with van der Waals surface area (Å²) >= 11 is 0. The van der Waals surface area contributed by atoms with Gasteiger partial charge in [0.05, 0.1) is 6.61 Å². The van der Waals surface area contributed by atoms with Crippen molar-refractivity contribution >= 4 is 0 Å². The Morgan fingerprint density at radius 2 is 1.94 bits per heavy atom. The molecule has 4 nitrogen and oxygen atoms in total. The fraction of sp³-hybridized carbons (Fsp3) is 0.385. The van der Waals surface area contributed by atoms with E-state index in [1.807, 2.05) is 31.2 Å². The van der Waals surface area contributed by atoms with E-state index in [0.717, 1.165) is 17.1 Å². The van der Waals surface area contributed by atoms with Crippen LogP contribution in [0.15, 0.2) is 30.6 Å². The van der Waals surface area contributed by atoms with Crippen molar-refractivity contribution in [1.82, 2.24) is 14.8 Å². The molecule has 0 amide bonds. The molecule has 0 radical (unpaired) electrons. The topological polar surface area (TPSA) is 39.9 Å². The Balaban J connectivity index is 2.30. The molecule has 0 aliphatic carbocycles. The van der Waals surface area contributed by atoms with Crippen molar-refractivity contribution in [2.75, 3.05) is 6.61 Å². The van der Waals surface area contributed by atoms with E-state index in [0.29, 0.717) is 12.6 Å². The van der Waals surface area contributed by atoms with Crippen LogP contribution in [0.3, 0.4) is 0 Å². The number of aromatic nitrogens is 3. The summed E-state index contributed by atoms with van der Waals surface area (Å²) in [5, 5.41) is 8.12. The van der Waals surface area contributed by atoms with Crippen LogP contribution in [0.1, 0.15) is 26.8 Å². The fourth-order valence-corrected chi connectivity index (χ4v) is 1.69. The SMILES string of the molecule is CCOc1ccc(-c2nncn2C(C)C)cc1. The van der Waals surface area contributed by atoms with Gasteiger partial charge >= 0.3 is 0 Å². The van der Waals surface area contributed by atoms with E-state index in [1.165, 1.54) is 0 Å². The quantitative estimate of drug-likeness (QED) is 0.812. The maximum Gasteiger partial charge on any atom is 0.163 e. The second-order valence-corrected chi connectivity index (χ2v) is 4.11. The Labute approximate surface area is 101 Å². The zero-order valence-electron chi connectivity index (χ0n) is 10.4. The van der Waals surface area contributed by atoms with E-state index in [2.05, 4.69) is 28.6 Å². The zero-order chi connectivity index (χ0) is 12.3. The van der Waals surface area contributed by atoms with Crippen LogP contribution in [0.25, 0.3) is 11.4 Å². The molecule has 90 valence electrons. The predicted molar refractivity (Wildman–Crippen MR) is 67.0 cm³/mol. The summed E-state index contributed by atoms with van der Waals surface area (Å²) in [7, 11) is 0. The largest absolute Gasteiger partial charge is 0.494 e. The number of nitrogens with zero attached hydrogens (tertiary/aromatic N) is 3. The lowest BCUT2D eigenvalue weighted by atomic mass is 10.2. The maximum absolute atomic E-state index is 5.41. The Morgan fingerprint density at radius 3 is 2.53 bits per heavy atom. The van der Waals surface area contributed by atoms with E-state index < -0.39 is 0 Å². The summed E-state index contributed by atoms with van der Waals surface area (Å²) in [5.74, 6) is 1.77. The highest BCUT2D eigenvalue weighted by atomic mass is 16.5. The fourth-order valence-electron chi connectivity index (χ4n) is 1.69. The van der Waals surface area contributed by atoms with Gasteiger partial charge in [-0.1, -0.05) is 0 Å². The highest BCUT2D eigenvalue weighted by Crippen LogP contribution is 2.22. The van der Waals surface area contributed by atoms with Gasteiger partial charge in [-0.3, -0.25) is 0 Å². The number of rotatable bonds is 4. The van der Waals surface area contributed by atoms with Gasteiger partial charge in [-0.15, -0.1) is 10.2 Å². The Morgan fingerprint density at radius 1 is 1.24 bits per heavy atom. The van der Waals surface area contributed by atoms with Crippen molar-refractivity contribution in [2.45, 2.75) is 26.8 Å². The summed E-state index contributed by atoms with van der Waals surface area (Å²) in [5.41, 5.74) is 1.06. The number of hydrogen-bond acceptors (Lipinski definition) is 3. The van der Waals surface area contributed by atoms with Gasteiger partial charge in [0, 0.05) is 11.6 Å². The lowest BCUT2D eigenvalue weighted by molar-refractivity contribution is 0.340. The molecule has 1 aromatic heterocycles. The van der Waals surface area contributed by atoms with Crippen LogP contribution in [-0.4, -0.2) is 21.4 Å². The molecule has 0 N–H and O–H groups in total. The van der Waals surface area contributed by atoms with Crippen LogP contribution >= 0.6 is 0 Å². The molecule has 4 heteroatoms. The predicted octanol–water partition coefficient (Wildman–Crippen LogP) is 2.92. The monoisotopic (exact) mass is 231 g/mol. The summed E-state index contributed by atoms with van der Waals surface area (Å²) in [6, 6.07) is 8.28. The second kappa shape index (κ2) is 4.99. The highest BCUT2D eigenvalue weighted by molar-refractivity contribution is 5.56. The van der Waals surface area contributed by atoms with Crippen LogP contribution in [0, 0.1) is 0 Å². The molecule has 0 aliphatic rings. The van der Waals surface area contributed by atoms with Gasteiger partial charge in [-0.05, 0) is 45.0 Å². The number of hydrogen-bond donors (Lipinski definition) is 0. The molecule has 0 unspecified atom stereocenters. The van der Waals surface area contributed by atoms with Gasteiger partial charge in [-0.25, -0.2) is 0 Å². The molecule has 2 aromatic rings. The summed E-state index contributed by atoms with van der Waals surface area (Å²) in [4.78, 5) is 0. The third-order valence-electron chi connectivity index (χ3n) is 2.55. The van der Waals surface area contributed by atoms with Crippen molar-refractivity contribution in [2.24, 2.45) is 0 Å². The Kier molecular flexibility index (Phi) is 3.42. The third kappa shape index (κ3) is 2.46. The van der Waals surface area contributed by atoms with Crippen molar-refractivity contribution in [3.63, 3.8) is 0 Å². The van der Waals surface area contributed by atoms with E-state index in [9.17, 15) is 0 Å². The highest BCUT2D eigenvalue weighted by Gasteiger charge is 2.09. The lowest BCUT2D eigenvalue weighted by Crippen LogP contribution is -2.01. The first-order valence-corrected chi connectivity index (χ1v) is 5.85. The smallest absolute Gasteiger partial charge is 0.163 e. The first-order chi connectivity index (χ1) is 8.22. The molecular formula is C13H17N3O. The van der Waals surface area contributed by atoms with Crippen molar-refractivity contribution in [3.05, 3.63) is 30.6 Å². The molecule has 0 fully saturated rings. The van der Waals surface area contributed by atoms with E-state index in [1.54, 1.807) is 6.33 Å². The number of ether oxygens (including phenoxy) is 1. The van der Waals surface area contributed by atoms with E-state index in [-0.39, 0.29) is 0 Å². The maximum atomic E-state index is 5.41. The molecule has 0 aliphatic heterocycles. The Bertz CT molecular complexity index is 474. The normalized spacial score (nSPS) is 10.8. The van der Waals surface area contributed by atoms with Crippen molar-refractivity contribution < 1.29 is 4.74 Å². The van der Waals surface area contributed by atoms with Crippen molar-refractivity contribution in [3.8, 4) is 17.1 Å². The summed E-state index contributed by atoms with van der Waals surface area (Å²) in [6.07, 6.45) is 1.76. The molecule has 1 heterocycles. The molecule has 0 atom stereocenters. The second-order valence-electron chi connectivity index (χ2n) is 4.11. The van der Waals surface area contributed by atoms with Crippen molar-refractivity contribution in [1.29, 1.82) is 0 Å². The molecule has 1 aromatic carbocycles. The lowest BCUT2D eigenvalue weighted by Gasteiger charge is -2.10. The zero-order valence-corrected chi connectivity index (χ0v) is 10.4. The van der Waals surface area contributed by atoms with E-state index >= 15 is 0 Å². The minimum Gasteiger partial charge on any atom is -0.494 e. The molecule has 0 bridgehead atoms. The minimum atomic E-state index is 0.353. The van der Waals surface area contributed by atoms with Gasteiger partial charge < -0.3 is 9.30 Å². The van der Waals surface area contributed by atoms with Crippen LogP contribution in [-0.2, 0) is 0 Å². The van der Waals surface area contributed by atoms with Gasteiger partial charge in [0.2, 0.25) is 0 Å². The molecular weight excluding hydrogens is 214 g/mol. The standard InChI is InChI=1S/C13H17N3O/c1-4-17-12-7-5-11(6-8-12)13-15-14-9-16(13)10(2)3/h5-10H,4H2,1-3H3. The van der Waals surface area contributed by atoms with Gasteiger partial charge in [0.1, 0.15) is 12.1 Å². The van der Waals surface area contributed by atoms with Crippen LogP contribution in [0.4, 0.5) is 0 Å².